The van der Waals surface area contributed by atoms with Crippen molar-refractivity contribution in [3.05, 3.63) is 124 Å². The van der Waals surface area contributed by atoms with Crippen LogP contribution < -0.4 is 13.9 Å². The number of non-ortho nitro benzene ring substituents is 1. The van der Waals surface area contributed by atoms with Crippen molar-refractivity contribution in [2.24, 2.45) is 0 Å². The number of carbonyl (C=O) groups excluding carboxylic acids is 1. The smallest absolute Gasteiger partial charge is 0.269 e. The number of carbonyl (C=O) groups is 1. The zero-order valence-electron chi connectivity index (χ0n) is 22.3. The predicted octanol–water partition coefficient (Wildman–Crippen LogP) is 4.11. The molecule has 1 unspecified atom stereocenters. The van der Waals surface area contributed by atoms with E-state index in [0.717, 1.165) is 34.1 Å². The molecule has 0 saturated heterocycles. The third-order valence-electron chi connectivity index (χ3n) is 6.85. The molecule has 0 spiro atoms. The summed E-state index contributed by atoms with van der Waals surface area (Å²) in [7, 11) is -8.52. The molecule has 42 heavy (non-hydrogen) atoms. The Morgan fingerprint density at radius 3 is 2.07 bits per heavy atom. The third kappa shape index (κ3) is 5.62. The Bertz CT molecular complexity index is 1850. The fraction of sp³-hybridized carbons (Fsp3) is 0.138. The van der Waals surface area contributed by atoms with Gasteiger partial charge in [-0.05, 0) is 55.5 Å². The van der Waals surface area contributed by atoms with Crippen molar-refractivity contribution in [3.8, 4) is 0 Å². The Morgan fingerprint density at radius 1 is 0.833 bits per heavy atom. The summed E-state index contributed by atoms with van der Waals surface area (Å²) in [5.74, 6) is -0.468. The maximum Gasteiger partial charge on any atom is 0.269 e. The second kappa shape index (κ2) is 11.4. The van der Waals surface area contributed by atoms with Crippen LogP contribution >= 0.6 is 0 Å². The molecule has 1 heterocycles. The van der Waals surface area contributed by atoms with E-state index in [2.05, 4.69) is 4.72 Å². The van der Waals surface area contributed by atoms with Gasteiger partial charge >= 0.3 is 0 Å². The number of amides is 1. The van der Waals surface area contributed by atoms with Crippen LogP contribution in [0.25, 0.3) is 0 Å². The van der Waals surface area contributed by atoms with Crippen LogP contribution in [0.4, 0.5) is 17.1 Å². The van der Waals surface area contributed by atoms with Crippen LogP contribution in [0.3, 0.4) is 0 Å². The van der Waals surface area contributed by atoms with Crippen LogP contribution in [-0.4, -0.2) is 46.8 Å². The number of aryl methyl sites for hydroxylation is 1. The summed E-state index contributed by atoms with van der Waals surface area (Å²) in [5.41, 5.74) is 1.22. The van der Waals surface area contributed by atoms with Gasteiger partial charge in [0, 0.05) is 30.9 Å². The van der Waals surface area contributed by atoms with E-state index in [4.69, 9.17) is 0 Å². The lowest BCUT2D eigenvalue weighted by Crippen LogP contribution is -2.51. The molecule has 0 fully saturated rings. The number of hydrogen-bond acceptors (Lipinski definition) is 7. The molecular weight excluding hydrogens is 580 g/mol. The molecule has 0 saturated carbocycles. The van der Waals surface area contributed by atoms with Crippen molar-refractivity contribution in [2.75, 3.05) is 22.3 Å². The summed E-state index contributed by atoms with van der Waals surface area (Å²) in [5, 5.41) is 11.2. The Balaban J connectivity index is 1.63. The summed E-state index contributed by atoms with van der Waals surface area (Å²) < 4.78 is 58.5. The molecule has 0 aliphatic carbocycles. The number of para-hydroxylation sites is 2. The van der Waals surface area contributed by atoms with Gasteiger partial charge in [-0.2, -0.15) is 0 Å². The molecule has 1 aliphatic rings. The largest absolute Gasteiger partial charge is 0.306 e. The fourth-order valence-electron chi connectivity index (χ4n) is 4.72. The van der Waals surface area contributed by atoms with Crippen LogP contribution in [0, 0.1) is 17.0 Å². The van der Waals surface area contributed by atoms with Gasteiger partial charge in [0.1, 0.15) is 0 Å². The number of nitro benzene ring substituents is 1. The van der Waals surface area contributed by atoms with E-state index >= 15 is 0 Å². The van der Waals surface area contributed by atoms with Crippen molar-refractivity contribution >= 4 is 43.0 Å². The van der Waals surface area contributed by atoms with E-state index in [1.54, 1.807) is 54.6 Å². The van der Waals surface area contributed by atoms with Crippen LogP contribution in [0.5, 0.6) is 0 Å². The Morgan fingerprint density at radius 2 is 1.43 bits per heavy atom. The number of nitrogens with one attached hydrogen (secondary N) is 1. The van der Waals surface area contributed by atoms with Gasteiger partial charge < -0.3 is 4.90 Å². The van der Waals surface area contributed by atoms with Gasteiger partial charge in [0.05, 0.1) is 32.0 Å². The zero-order valence-corrected chi connectivity index (χ0v) is 24.0. The highest BCUT2D eigenvalue weighted by atomic mass is 32.2. The normalized spacial score (nSPS) is 15.6. The molecule has 0 aromatic heterocycles. The second-order valence-corrected chi connectivity index (χ2v) is 13.2. The first-order chi connectivity index (χ1) is 20.0. The number of fused-ring (bicyclic) bond motifs is 1. The average molecular weight is 607 g/mol. The van der Waals surface area contributed by atoms with Gasteiger partial charge in [-0.3, -0.25) is 19.2 Å². The van der Waals surface area contributed by atoms with E-state index in [-0.39, 0.29) is 39.8 Å². The molecule has 5 rings (SSSR count). The maximum absolute atomic E-state index is 14.2. The van der Waals surface area contributed by atoms with Crippen molar-refractivity contribution in [2.45, 2.75) is 22.8 Å². The maximum atomic E-state index is 14.2. The molecule has 0 radical (unpaired) electrons. The van der Waals surface area contributed by atoms with Crippen LogP contribution in [0.2, 0.25) is 0 Å². The lowest BCUT2D eigenvalue weighted by atomic mass is 10.1. The molecule has 1 amide bonds. The van der Waals surface area contributed by atoms with Crippen molar-refractivity contribution < 1.29 is 26.6 Å². The topological polar surface area (TPSA) is 147 Å². The molecule has 216 valence electrons. The highest BCUT2D eigenvalue weighted by Gasteiger charge is 2.40. The lowest BCUT2D eigenvalue weighted by Gasteiger charge is -2.33. The van der Waals surface area contributed by atoms with Gasteiger partial charge in [0.2, 0.25) is 10.0 Å². The van der Waals surface area contributed by atoms with E-state index in [0.29, 0.717) is 5.69 Å². The first-order valence-electron chi connectivity index (χ1n) is 12.8. The Hall–Kier alpha value is -4.59. The van der Waals surface area contributed by atoms with Gasteiger partial charge in [-0.15, -0.1) is 0 Å². The van der Waals surface area contributed by atoms with Gasteiger partial charge in [0.25, 0.3) is 21.6 Å². The predicted molar refractivity (Wildman–Crippen MR) is 157 cm³/mol. The number of hydrogen-bond donors (Lipinski definition) is 1. The molecule has 1 aliphatic heterocycles. The summed E-state index contributed by atoms with van der Waals surface area (Å²) in [6, 6.07) is 24.3. The zero-order chi connectivity index (χ0) is 30.1. The number of anilines is 2. The standard InChI is InChI=1S/C29H26N4O7S2/c1-21-11-15-25(16-12-21)41(37,38)30-19-24-20-31(22-7-3-2-4-8-22)29(34)27-9-5-6-10-28(27)32(24)42(39,40)26-17-13-23(14-18-26)33(35)36/h2-18,24,30H,19-20H2,1H3. The number of sulfonamides is 2. The van der Waals surface area contributed by atoms with Crippen LogP contribution in [-0.2, 0) is 20.0 Å². The fourth-order valence-corrected chi connectivity index (χ4v) is 7.45. The molecule has 13 heteroatoms. The number of benzene rings is 4. The number of rotatable bonds is 8. The number of nitro groups is 1. The summed E-state index contributed by atoms with van der Waals surface area (Å²) in [6.45, 7) is 1.25. The second-order valence-electron chi connectivity index (χ2n) is 9.64. The third-order valence-corrected chi connectivity index (χ3v) is 10.2. The molecule has 1 N–H and O–H groups in total. The van der Waals surface area contributed by atoms with Crippen molar-refractivity contribution in [3.63, 3.8) is 0 Å². The first kappa shape index (κ1) is 28.9. The van der Waals surface area contributed by atoms with Crippen molar-refractivity contribution in [1.29, 1.82) is 0 Å². The Labute approximate surface area is 243 Å². The summed E-state index contributed by atoms with van der Waals surface area (Å²) >= 11 is 0. The molecular formula is C29H26N4O7S2. The molecule has 4 aromatic carbocycles. The summed E-state index contributed by atoms with van der Waals surface area (Å²) in [6.07, 6.45) is 0. The van der Waals surface area contributed by atoms with E-state index in [1.165, 1.54) is 29.2 Å². The van der Waals surface area contributed by atoms with Gasteiger partial charge in [0.15, 0.2) is 0 Å². The minimum atomic E-state index is -4.46. The van der Waals surface area contributed by atoms with E-state index in [9.17, 15) is 31.7 Å². The minimum Gasteiger partial charge on any atom is -0.306 e. The molecule has 11 nitrogen and oxygen atoms in total. The van der Waals surface area contributed by atoms with Gasteiger partial charge in [-0.25, -0.2) is 21.6 Å². The molecule has 0 bridgehead atoms. The van der Waals surface area contributed by atoms with Crippen molar-refractivity contribution in [1.82, 2.24) is 4.72 Å². The van der Waals surface area contributed by atoms with E-state index in [1.807, 2.05) is 6.92 Å². The number of nitrogens with zero attached hydrogens (tertiary/aromatic N) is 3. The highest BCUT2D eigenvalue weighted by Crippen LogP contribution is 2.35. The van der Waals surface area contributed by atoms with Crippen LogP contribution in [0.15, 0.2) is 113 Å². The van der Waals surface area contributed by atoms with Gasteiger partial charge in [-0.1, -0.05) is 48.0 Å². The van der Waals surface area contributed by atoms with Crippen LogP contribution in [0.1, 0.15) is 15.9 Å². The first-order valence-corrected chi connectivity index (χ1v) is 15.7. The summed E-state index contributed by atoms with van der Waals surface area (Å²) in [4.78, 5) is 25.6. The minimum absolute atomic E-state index is 0.00268. The quantitative estimate of drug-likeness (QED) is 0.235. The monoisotopic (exact) mass is 606 g/mol. The van der Waals surface area contributed by atoms with E-state index < -0.39 is 36.9 Å². The highest BCUT2D eigenvalue weighted by molar-refractivity contribution is 7.93. The SMILES string of the molecule is Cc1ccc(S(=O)(=O)NCC2CN(c3ccccc3)C(=O)c3ccccc3N2S(=O)(=O)c2ccc([N+](=O)[O-])cc2)cc1. The average Bonchev–Trinajstić information content (AvgIpc) is 3.11. The molecule has 4 aromatic rings. The Kier molecular flexibility index (Phi) is 7.82. The molecule has 1 atom stereocenters. The lowest BCUT2D eigenvalue weighted by molar-refractivity contribution is -0.384.